The fraction of sp³-hybridized carbons (Fsp3) is 0.737. The van der Waals surface area contributed by atoms with Crippen LogP contribution in [-0.4, -0.2) is 15.7 Å². The van der Waals surface area contributed by atoms with E-state index in [1.54, 1.807) is 6.20 Å². The summed E-state index contributed by atoms with van der Waals surface area (Å²) < 4.78 is 0. The summed E-state index contributed by atoms with van der Waals surface area (Å²) in [7, 11) is 0. The van der Waals surface area contributed by atoms with Crippen LogP contribution in [0.5, 0.6) is 0 Å². The van der Waals surface area contributed by atoms with E-state index in [9.17, 15) is 5.11 Å². The Bertz CT molecular complexity index is 338. The van der Waals surface area contributed by atoms with Gasteiger partial charge in [0.05, 0.1) is 5.60 Å². The molecule has 1 aromatic rings. The van der Waals surface area contributed by atoms with Crippen molar-refractivity contribution in [1.82, 2.24) is 4.98 Å². The lowest BCUT2D eigenvalue weighted by molar-refractivity contribution is 0.0179. The monoisotopic (exact) mass is 291 g/mol. The number of hydrogen-bond donors (Lipinski definition) is 1. The van der Waals surface area contributed by atoms with Crippen molar-refractivity contribution in [2.75, 3.05) is 0 Å². The zero-order valence-corrected chi connectivity index (χ0v) is 14.0. The lowest BCUT2D eigenvalue weighted by Gasteiger charge is -2.28. The normalized spacial score (nSPS) is 11.8. The fourth-order valence-electron chi connectivity index (χ4n) is 2.95. The number of rotatable bonds is 12. The van der Waals surface area contributed by atoms with Crippen molar-refractivity contribution in [2.24, 2.45) is 0 Å². The highest BCUT2D eigenvalue weighted by molar-refractivity contribution is 5.11. The van der Waals surface area contributed by atoms with Gasteiger partial charge in [-0.1, -0.05) is 71.3 Å². The Morgan fingerprint density at radius 3 is 2.05 bits per heavy atom. The molecule has 0 aliphatic rings. The molecule has 0 spiro atoms. The standard InChI is InChI=1S/C19H33NO/c1-3-5-7-9-13-19(21,14-10-8-6-4-2)16-18-12-11-15-20-17-18/h11-12,15,17,21H,3-10,13-14,16H2,1-2H3. The van der Waals surface area contributed by atoms with E-state index in [0.717, 1.165) is 37.7 Å². The Hall–Kier alpha value is -0.890. The lowest BCUT2D eigenvalue weighted by atomic mass is 9.85. The molecule has 0 saturated heterocycles. The van der Waals surface area contributed by atoms with Gasteiger partial charge in [-0.15, -0.1) is 0 Å². The summed E-state index contributed by atoms with van der Waals surface area (Å²) in [5.74, 6) is 0. The van der Waals surface area contributed by atoms with Crippen molar-refractivity contribution in [1.29, 1.82) is 0 Å². The van der Waals surface area contributed by atoms with Crippen molar-refractivity contribution in [3.63, 3.8) is 0 Å². The first-order valence-corrected chi connectivity index (χ1v) is 8.81. The molecule has 0 aliphatic heterocycles. The molecule has 1 rings (SSSR count). The van der Waals surface area contributed by atoms with Crippen molar-refractivity contribution >= 4 is 0 Å². The number of aromatic nitrogens is 1. The van der Waals surface area contributed by atoms with Gasteiger partial charge in [-0.25, -0.2) is 0 Å². The summed E-state index contributed by atoms with van der Waals surface area (Å²) in [6, 6.07) is 4.04. The van der Waals surface area contributed by atoms with E-state index < -0.39 is 5.60 Å². The second kappa shape index (κ2) is 10.8. The zero-order chi connectivity index (χ0) is 15.4. The quantitative estimate of drug-likeness (QED) is 0.530. The first-order valence-electron chi connectivity index (χ1n) is 8.81. The van der Waals surface area contributed by atoms with Crippen LogP contribution < -0.4 is 0 Å². The number of nitrogens with zero attached hydrogens (tertiary/aromatic N) is 1. The Morgan fingerprint density at radius 2 is 1.57 bits per heavy atom. The molecule has 1 heterocycles. The highest BCUT2D eigenvalue weighted by atomic mass is 16.3. The summed E-state index contributed by atoms with van der Waals surface area (Å²) in [5.41, 5.74) is 0.621. The molecule has 0 fully saturated rings. The third kappa shape index (κ3) is 8.21. The maximum absolute atomic E-state index is 11.0. The van der Waals surface area contributed by atoms with Crippen molar-refractivity contribution < 1.29 is 5.11 Å². The van der Waals surface area contributed by atoms with Crippen LogP contribution in [0.2, 0.25) is 0 Å². The SMILES string of the molecule is CCCCCCC(O)(CCCCCC)Cc1cccnc1. The summed E-state index contributed by atoms with van der Waals surface area (Å²) in [4.78, 5) is 4.18. The average molecular weight is 291 g/mol. The molecule has 120 valence electrons. The highest BCUT2D eigenvalue weighted by Gasteiger charge is 2.26. The maximum Gasteiger partial charge on any atom is 0.0688 e. The molecule has 21 heavy (non-hydrogen) atoms. The van der Waals surface area contributed by atoms with E-state index in [4.69, 9.17) is 0 Å². The van der Waals surface area contributed by atoms with Crippen molar-refractivity contribution in [2.45, 2.75) is 90.1 Å². The number of unbranched alkanes of at least 4 members (excludes halogenated alkanes) is 6. The topological polar surface area (TPSA) is 33.1 Å². The molecule has 0 atom stereocenters. The van der Waals surface area contributed by atoms with Gasteiger partial charge in [-0.3, -0.25) is 4.98 Å². The second-order valence-corrected chi connectivity index (χ2v) is 6.38. The zero-order valence-electron chi connectivity index (χ0n) is 14.0. The molecule has 2 heteroatoms. The molecule has 1 N–H and O–H groups in total. The molecular formula is C19H33NO. The number of pyridine rings is 1. The van der Waals surface area contributed by atoms with Crippen LogP contribution in [0.3, 0.4) is 0 Å². The van der Waals surface area contributed by atoms with Crippen LogP contribution in [0.4, 0.5) is 0 Å². The van der Waals surface area contributed by atoms with Gasteiger partial charge in [0, 0.05) is 18.8 Å². The third-order valence-corrected chi connectivity index (χ3v) is 4.25. The van der Waals surface area contributed by atoms with E-state index in [0.29, 0.717) is 0 Å². The molecule has 0 unspecified atom stereocenters. The Kier molecular flexibility index (Phi) is 9.32. The first kappa shape index (κ1) is 18.2. The Morgan fingerprint density at radius 1 is 0.952 bits per heavy atom. The predicted octanol–water partition coefficient (Wildman–Crippen LogP) is 5.30. The molecule has 0 saturated carbocycles. The van der Waals surface area contributed by atoms with Crippen LogP contribution in [0.15, 0.2) is 24.5 Å². The third-order valence-electron chi connectivity index (χ3n) is 4.25. The number of hydrogen-bond acceptors (Lipinski definition) is 2. The fourth-order valence-corrected chi connectivity index (χ4v) is 2.95. The van der Waals surface area contributed by atoms with E-state index in [1.807, 2.05) is 12.3 Å². The lowest BCUT2D eigenvalue weighted by Crippen LogP contribution is -2.31. The molecule has 2 nitrogen and oxygen atoms in total. The van der Waals surface area contributed by atoms with E-state index in [-0.39, 0.29) is 0 Å². The number of aliphatic hydroxyl groups is 1. The largest absolute Gasteiger partial charge is 0.390 e. The molecule has 0 aliphatic carbocycles. The smallest absolute Gasteiger partial charge is 0.0688 e. The van der Waals surface area contributed by atoms with Gasteiger partial charge in [0.1, 0.15) is 0 Å². The van der Waals surface area contributed by atoms with Crippen molar-refractivity contribution in [3.05, 3.63) is 30.1 Å². The molecule has 0 bridgehead atoms. The molecular weight excluding hydrogens is 258 g/mol. The van der Waals surface area contributed by atoms with Crippen LogP contribution in [0.1, 0.15) is 83.6 Å². The minimum absolute atomic E-state index is 0.537. The van der Waals surface area contributed by atoms with Crippen LogP contribution in [-0.2, 0) is 6.42 Å². The van der Waals surface area contributed by atoms with E-state index in [2.05, 4.69) is 24.9 Å². The van der Waals surface area contributed by atoms with Crippen molar-refractivity contribution in [3.8, 4) is 0 Å². The predicted molar refractivity (Wildman–Crippen MR) is 90.4 cm³/mol. The average Bonchev–Trinajstić information content (AvgIpc) is 2.49. The molecule has 0 amide bonds. The summed E-state index contributed by atoms with van der Waals surface area (Å²) in [6.45, 7) is 4.46. The minimum Gasteiger partial charge on any atom is -0.390 e. The van der Waals surface area contributed by atoms with Gasteiger partial charge in [-0.2, -0.15) is 0 Å². The highest BCUT2D eigenvalue weighted by Crippen LogP contribution is 2.27. The van der Waals surface area contributed by atoms with Gasteiger partial charge in [-0.05, 0) is 24.5 Å². The minimum atomic E-state index is -0.537. The summed E-state index contributed by atoms with van der Waals surface area (Å²) >= 11 is 0. The molecule has 0 radical (unpaired) electrons. The molecule has 1 aromatic heterocycles. The van der Waals surface area contributed by atoms with E-state index >= 15 is 0 Å². The van der Waals surface area contributed by atoms with Gasteiger partial charge in [0.2, 0.25) is 0 Å². The molecule has 0 aromatic carbocycles. The maximum atomic E-state index is 11.0. The summed E-state index contributed by atoms with van der Waals surface area (Å²) in [5, 5.41) is 11.0. The van der Waals surface area contributed by atoms with Gasteiger partial charge in [0.15, 0.2) is 0 Å². The van der Waals surface area contributed by atoms with E-state index in [1.165, 1.54) is 38.5 Å². The summed E-state index contributed by atoms with van der Waals surface area (Å²) in [6.07, 6.45) is 16.1. The van der Waals surface area contributed by atoms with Crippen LogP contribution in [0.25, 0.3) is 0 Å². The van der Waals surface area contributed by atoms with Crippen LogP contribution in [0, 0.1) is 0 Å². The van der Waals surface area contributed by atoms with Gasteiger partial charge in [0.25, 0.3) is 0 Å². The van der Waals surface area contributed by atoms with Crippen LogP contribution >= 0.6 is 0 Å². The second-order valence-electron chi connectivity index (χ2n) is 6.38. The van der Waals surface area contributed by atoms with Gasteiger partial charge >= 0.3 is 0 Å². The first-order chi connectivity index (χ1) is 10.2. The van der Waals surface area contributed by atoms with Gasteiger partial charge < -0.3 is 5.11 Å². The Labute approximate surface area is 131 Å². The Balaban J connectivity index is 2.50.